The summed E-state index contributed by atoms with van der Waals surface area (Å²) in [6.45, 7) is 4.32. The summed E-state index contributed by atoms with van der Waals surface area (Å²) in [7, 11) is 0. The van der Waals surface area contributed by atoms with Crippen LogP contribution in [0.3, 0.4) is 0 Å². The molecule has 0 amide bonds. The molecule has 4 nitrogen and oxygen atoms in total. The highest BCUT2D eigenvalue weighted by atomic mass is 16.7. The standard InChI is InChI=1S/C15H17NO3/c1-10(2)3-5-13(17)12(8-16)11-4-6-14-15(7-11)19-9-18-14/h4,6-7,10,12H,3,5,9H2,1-2H3. The highest BCUT2D eigenvalue weighted by molar-refractivity contribution is 5.88. The van der Waals surface area contributed by atoms with Crippen molar-refractivity contribution in [2.75, 3.05) is 6.79 Å². The number of carbonyl (C=O) groups excluding carboxylic acids is 1. The van der Waals surface area contributed by atoms with Crippen molar-refractivity contribution in [3.63, 3.8) is 0 Å². The number of hydrogen-bond acceptors (Lipinski definition) is 4. The predicted molar refractivity (Wildman–Crippen MR) is 70.0 cm³/mol. The van der Waals surface area contributed by atoms with Crippen LogP contribution in [0.15, 0.2) is 18.2 Å². The number of nitriles is 1. The lowest BCUT2D eigenvalue weighted by molar-refractivity contribution is -0.119. The predicted octanol–water partition coefficient (Wildman–Crippen LogP) is 3.03. The molecule has 1 unspecified atom stereocenters. The molecule has 1 aromatic rings. The molecule has 0 saturated carbocycles. The molecule has 0 aliphatic carbocycles. The van der Waals surface area contributed by atoms with Gasteiger partial charge >= 0.3 is 0 Å². The number of Topliss-reactive ketones (excluding diaryl/α,β-unsaturated/α-hetero) is 1. The second-order valence-corrected chi connectivity index (χ2v) is 5.07. The highest BCUT2D eigenvalue weighted by Gasteiger charge is 2.23. The van der Waals surface area contributed by atoms with Gasteiger partial charge in [0.25, 0.3) is 0 Å². The molecule has 1 heterocycles. The zero-order valence-electron chi connectivity index (χ0n) is 11.2. The number of ketones is 1. The third-order valence-corrected chi connectivity index (χ3v) is 3.15. The summed E-state index contributed by atoms with van der Waals surface area (Å²) in [5.41, 5.74) is 0.681. The molecule has 1 atom stereocenters. The van der Waals surface area contributed by atoms with E-state index in [0.29, 0.717) is 29.4 Å². The molecule has 0 fully saturated rings. The molecule has 19 heavy (non-hydrogen) atoms. The Morgan fingerprint density at radius 3 is 2.79 bits per heavy atom. The van der Waals surface area contributed by atoms with Crippen LogP contribution in [-0.2, 0) is 4.79 Å². The quantitative estimate of drug-likeness (QED) is 0.815. The van der Waals surface area contributed by atoms with E-state index < -0.39 is 5.92 Å². The van der Waals surface area contributed by atoms with Crippen molar-refractivity contribution in [1.29, 1.82) is 5.26 Å². The number of fused-ring (bicyclic) bond motifs is 1. The molecule has 1 aliphatic heterocycles. The van der Waals surface area contributed by atoms with Gasteiger partial charge in [0.15, 0.2) is 17.3 Å². The van der Waals surface area contributed by atoms with E-state index in [-0.39, 0.29) is 12.6 Å². The minimum absolute atomic E-state index is 0.0323. The fourth-order valence-corrected chi connectivity index (χ4v) is 2.00. The van der Waals surface area contributed by atoms with Crippen molar-refractivity contribution in [3.05, 3.63) is 23.8 Å². The van der Waals surface area contributed by atoms with Gasteiger partial charge in [-0.3, -0.25) is 4.79 Å². The monoisotopic (exact) mass is 259 g/mol. The fourth-order valence-electron chi connectivity index (χ4n) is 2.00. The normalized spacial score (nSPS) is 14.2. The van der Waals surface area contributed by atoms with Crippen molar-refractivity contribution >= 4 is 5.78 Å². The van der Waals surface area contributed by atoms with Crippen LogP contribution in [0.25, 0.3) is 0 Å². The maximum absolute atomic E-state index is 12.1. The van der Waals surface area contributed by atoms with Crippen LogP contribution in [0.2, 0.25) is 0 Å². The average molecular weight is 259 g/mol. The van der Waals surface area contributed by atoms with Crippen LogP contribution < -0.4 is 9.47 Å². The smallest absolute Gasteiger partial charge is 0.231 e. The molecule has 0 radical (unpaired) electrons. The Balaban J connectivity index is 2.13. The SMILES string of the molecule is CC(C)CCC(=O)C(C#N)c1ccc2c(c1)OCO2. The summed E-state index contributed by atoms with van der Waals surface area (Å²) < 4.78 is 10.5. The van der Waals surface area contributed by atoms with Crippen molar-refractivity contribution < 1.29 is 14.3 Å². The Bertz CT molecular complexity index is 517. The van der Waals surface area contributed by atoms with Gasteiger partial charge in [-0.15, -0.1) is 0 Å². The van der Waals surface area contributed by atoms with Crippen LogP contribution >= 0.6 is 0 Å². The number of nitrogens with zero attached hydrogens (tertiary/aromatic N) is 1. The van der Waals surface area contributed by atoms with E-state index in [4.69, 9.17) is 9.47 Å². The minimum Gasteiger partial charge on any atom is -0.454 e. The van der Waals surface area contributed by atoms with Gasteiger partial charge in [-0.05, 0) is 30.0 Å². The summed E-state index contributed by atoms with van der Waals surface area (Å²) >= 11 is 0. The zero-order valence-corrected chi connectivity index (χ0v) is 11.2. The molecule has 0 saturated heterocycles. The van der Waals surface area contributed by atoms with E-state index in [1.165, 1.54) is 0 Å². The van der Waals surface area contributed by atoms with Crippen LogP contribution in [-0.4, -0.2) is 12.6 Å². The lowest BCUT2D eigenvalue weighted by Gasteiger charge is -2.10. The number of hydrogen-bond donors (Lipinski definition) is 0. The molecular weight excluding hydrogens is 242 g/mol. The average Bonchev–Trinajstić information content (AvgIpc) is 2.84. The molecule has 0 bridgehead atoms. The Labute approximate surface area is 112 Å². The Morgan fingerprint density at radius 2 is 2.11 bits per heavy atom. The van der Waals surface area contributed by atoms with Crippen molar-refractivity contribution in [2.24, 2.45) is 5.92 Å². The molecule has 1 aromatic carbocycles. The van der Waals surface area contributed by atoms with E-state index in [9.17, 15) is 10.1 Å². The fraction of sp³-hybridized carbons (Fsp3) is 0.467. The number of benzene rings is 1. The molecule has 0 spiro atoms. The third-order valence-electron chi connectivity index (χ3n) is 3.15. The summed E-state index contributed by atoms with van der Waals surface area (Å²) in [5, 5.41) is 9.22. The second-order valence-electron chi connectivity index (χ2n) is 5.07. The molecular formula is C15H17NO3. The first-order valence-corrected chi connectivity index (χ1v) is 6.43. The summed E-state index contributed by atoms with van der Waals surface area (Å²) in [6, 6.07) is 7.32. The van der Waals surface area contributed by atoms with E-state index >= 15 is 0 Å². The molecule has 100 valence electrons. The van der Waals surface area contributed by atoms with Gasteiger partial charge < -0.3 is 9.47 Å². The molecule has 4 heteroatoms. The van der Waals surface area contributed by atoms with Crippen molar-refractivity contribution in [2.45, 2.75) is 32.6 Å². The van der Waals surface area contributed by atoms with Gasteiger partial charge in [-0.1, -0.05) is 19.9 Å². The van der Waals surface area contributed by atoms with Gasteiger partial charge in [-0.25, -0.2) is 0 Å². The van der Waals surface area contributed by atoms with Crippen LogP contribution in [0.1, 0.15) is 38.2 Å². The van der Waals surface area contributed by atoms with Gasteiger partial charge in [0.1, 0.15) is 5.92 Å². The van der Waals surface area contributed by atoms with E-state index in [0.717, 1.165) is 6.42 Å². The first-order valence-electron chi connectivity index (χ1n) is 6.43. The summed E-state index contributed by atoms with van der Waals surface area (Å²) in [5.74, 6) is 0.979. The Hall–Kier alpha value is -2.02. The first-order chi connectivity index (χ1) is 9.11. The first kappa shape index (κ1) is 13.4. The lowest BCUT2D eigenvalue weighted by Crippen LogP contribution is -2.11. The second kappa shape index (κ2) is 5.75. The van der Waals surface area contributed by atoms with Gasteiger partial charge in [0.2, 0.25) is 6.79 Å². The van der Waals surface area contributed by atoms with Gasteiger partial charge in [0, 0.05) is 6.42 Å². The zero-order chi connectivity index (χ0) is 13.8. The topological polar surface area (TPSA) is 59.3 Å². The molecule has 2 rings (SSSR count). The van der Waals surface area contributed by atoms with Crippen molar-refractivity contribution in [3.8, 4) is 17.6 Å². The number of carbonyl (C=O) groups is 1. The molecule has 1 aliphatic rings. The number of rotatable bonds is 5. The third kappa shape index (κ3) is 3.05. The van der Waals surface area contributed by atoms with Gasteiger partial charge in [-0.2, -0.15) is 5.26 Å². The van der Waals surface area contributed by atoms with E-state index in [1.54, 1.807) is 18.2 Å². The van der Waals surface area contributed by atoms with E-state index in [2.05, 4.69) is 19.9 Å². The Morgan fingerprint density at radius 1 is 1.37 bits per heavy atom. The van der Waals surface area contributed by atoms with Crippen LogP contribution in [0.4, 0.5) is 0 Å². The maximum Gasteiger partial charge on any atom is 0.231 e. The molecule has 0 N–H and O–H groups in total. The lowest BCUT2D eigenvalue weighted by atomic mass is 9.91. The van der Waals surface area contributed by atoms with Crippen LogP contribution in [0.5, 0.6) is 11.5 Å². The molecule has 0 aromatic heterocycles. The summed E-state index contributed by atoms with van der Waals surface area (Å²) in [6.07, 6.45) is 1.24. The number of ether oxygens (including phenoxy) is 2. The highest BCUT2D eigenvalue weighted by Crippen LogP contribution is 2.35. The van der Waals surface area contributed by atoms with E-state index in [1.807, 2.05) is 0 Å². The largest absolute Gasteiger partial charge is 0.454 e. The van der Waals surface area contributed by atoms with Crippen molar-refractivity contribution in [1.82, 2.24) is 0 Å². The summed E-state index contributed by atoms with van der Waals surface area (Å²) in [4.78, 5) is 12.1. The Kier molecular flexibility index (Phi) is 4.06. The maximum atomic E-state index is 12.1. The van der Waals surface area contributed by atoms with Gasteiger partial charge in [0.05, 0.1) is 6.07 Å². The minimum atomic E-state index is -0.715. The van der Waals surface area contributed by atoms with Crippen LogP contribution in [0, 0.1) is 17.2 Å².